The van der Waals surface area contributed by atoms with Crippen molar-refractivity contribution in [3.05, 3.63) is 0 Å². The van der Waals surface area contributed by atoms with Gasteiger partial charge in [0.2, 0.25) is 0 Å². The number of rotatable bonds is 3. The van der Waals surface area contributed by atoms with E-state index in [0.717, 1.165) is 25.4 Å². The summed E-state index contributed by atoms with van der Waals surface area (Å²) in [6.07, 6.45) is 3.07. The Labute approximate surface area is 75.6 Å². The minimum Gasteiger partial charge on any atom is -0.302 e. The lowest BCUT2D eigenvalue weighted by molar-refractivity contribution is -0.121. The van der Waals surface area contributed by atoms with E-state index in [-0.39, 0.29) is 0 Å². The lowest BCUT2D eigenvalue weighted by Gasteiger charge is -2.24. The molecule has 3 nitrogen and oxygen atoms in total. The third-order valence-electron chi connectivity index (χ3n) is 2.11. The van der Waals surface area contributed by atoms with Gasteiger partial charge in [-0.05, 0) is 0 Å². The van der Waals surface area contributed by atoms with Gasteiger partial charge in [0.05, 0.1) is 0 Å². The Morgan fingerprint density at radius 2 is 2.00 bits per heavy atom. The van der Waals surface area contributed by atoms with E-state index in [1.54, 1.807) is 6.26 Å². The first-order valence-corrected chi connectivity index (χ1v) is 5.95. The molecule has 0 radical (unpaired) electrons. The van der Waals surface area contributed by atoms with Crippen LogP contribution in [0.5, 0.6) is 0 Å². The Balaban J connectivity index is 2.17. The molecule has 0 aromatic heterocycles. The number of nitrogens with zero attached hydrogens (tertiary/aromatic N) is 1. The van der Waals surface area contributed by atoms with Crippen molar-refractivity contribution in [1.29, 1.82) is 0 Å². The molecule has 1 aliphatic rings. The van der Waals surface area contributed by atoms with E-state index in [9.17, 15) is 9.00 Å². The maximum absolute atomic E-state index is 10.9. The summed E-state index contributed by atoms with van der Waals surface area (Å²) in [5.41, 5.74) is 0. The highest BCUT2D eigenvalue weighted by atomic mass is 32.2. The van der Waals surface area contributed by atoms with Gasteiger partial charge >= 0.3 is 0 Å². The molecule has 1 aliphatic heterocycles. The smallest absolute Gasteiger partial charge is 0.135 e. The highest BCUT2D eigenvalue weighted by Gasteiger charge is 2.15. The summed E-state index contributed by atoms with van der Waals surface area (Å²) in [5, 5.41) is 0. The van der Waals surface area contributed by atoms with Gasteiger partial charge in [-0.1, -0.05) is 0 Å². The van der Waals surface area contributed by atoms with Crippen molar-refractivity contribution in [2.24, 2.45) is 0 Å². The molecule has 1 fully saturated rings. The summed E-state index contributed by atoms with van der Waals surface area (Å²) in [4.78, 5) is 13.1. The van der Waals surface area contributed by atoms with Gasteiger partial charge in [-0.2, -0.15) is 0 Å². The molecule has 0 aliphatic carbocycles. The summed E-state index contributed by atoms with van der Waals surface area (Å²) < 4.78 is 10.8. The van der Waals surface area contributed by atoms with Crippen molar-refractivity contribution in [2.45, 2.75) is 12.8 Å². The maximum Gasteiger partial charge on any atom is 0.135 e. The molecule has 0 aromatic rings. The third kappa shape index (κ3) is 3.45. The largest absolute Gasteiger partial charge is 0.302 e. The van der Waals surface area contributed by atoms with Crippen LogP contribution >= 0.6 is 0 Å². The summed E-state index contributed by atoms with van der Waals surface area (Å²) in [5.74, 6) is 1.10. The molecule has 12 heavy (non-hydrogen) atoms. The van der Waals surface area contributed by atoms with Crippen LogP contribution in [0.1, 0.15) is 12.8 Å². The van der Waals surface area contributed by atoms with E-state index < -0.39 is 10.8 Å². The Kier molecular flexibility index (Phi) is 3.88. The highest BCUT2D eigenvalue weighted by Crippen LogP contribution is 2.04. The van der Waals surface area contributed by atoms with Crippen LogP contribution in [-0.4, -0.2) is 46.5 Å². The highest BCUT2D eigenvalue weighted by molar-refractivity contribution is 7.84. The number of carbonyl (C=O) groups excluding carboxylic acids is 1. The van der Waals surface area contributed by atoms with Crippen molar-refractivity contribution >= 4 is 16.6 Å². The van der Waals surface area contributed by atoms with Crippen molar-refractivity contribution in [3.8, 4) is 0 Å². The summed E-state index contributed by atoms with van der Waals surface area (Å²) in [6, 6.07) is 0. The van der Waals surface area contributed by atoms with E-state index in [2.05, 4.69) is 4.90 Å². The molecule has 0 N–H and O–H groups in total. The van der Waals surface area contributed by atoms with Crippen LogP contribution in [0.15, 0.2) is 0 Å². The SMILES string of the molecule is CS(=O)CCN1CCC(=O)CC1. The molecule has 0 spiro atoms. The minimum atomic E-state index is -0.703. The quantitative estimate of drug-likeness (QED) is 0.628. The average Bonchev–Trinajstić information content (AvgIpc) is 2.03. The Morgan fingerprint density at radius 3 is 2.50 bits per heavy atom. The van der Waals surface area contributed by atoms with Crippen LogP contribution in [0.3, 0.4) is 0 Å². The molecule has 70 valence electrons. The van der Waals surface area contributed by atoms with Gasteiger partial charge in [-0.15, -0.1) is 0 Å². The van der Waals surface area contributed by atoms with Gasteiger partial charge in [-0.25, -0.2) is 0 Å². The Bertz CT molecular complexity index is 183. The molecule has 1 rings (SSSR count). The minimum absolute atomic E-state index is 0.365. The Hall–Kier alpha value is -0.220. The number of carbonyl (C=O) groups is 1. The first-order chi connectivity index (χ1) is 5.68. The number of likely N-dealkylation sites (tertiary alicyclic amines) is 1. The fraction of sp³-hybridized carbons (Fsp3) is 0.875. The Morgan fingerprint density at radius 1 is 1.42 bits per heavy atom. The van der Waals surface area contributed by atoms with Gasteiger partial charge in [0, 0.05) is 55.3 Å². The zero-order valence-electron chi connectivity index (χ0n) is 7.41. The van der Waals surface area contributed by atoms with Crippen molar-refractivity contribution in [2.75, 3.05) is 31.6 Å². The van der Waals surface area contributed by atoms with E-state index >= 15 is 0 Å². The standard InChI is InChI=1S/C8H15NO2S/c1-12(11)7-6-9-4-2-8(10)3-5-9/h2-7H2,1H3. The van der Waals surface area contributed by atoms with Crippen LogP contribution in [0.2, 0.25) is 0 Å². The van der Waals surface area contributed by atoms with E-state index in [4.69, 9.17) is 0 Å². The summed E-state index contributed by atoms with van der Waals surface area (Å²) in [7, 11) is -0.703. The molecule has 0 aromatic carbocycles. The van der Waals surface area contributed by atoms with Gasteiger partial charge < -0.3 is 4.90 Å². The second kappa shape index (κ2) is 4.72. The van der Waals surface area contributed by atoms with Crippen molar-refractivity contribution in [1.82, 2.24) is 4.90 Å². The summed E-state index contributed by atoms with van der Waals surface area (Å²) >= 11 is 0. The molecule has 0 bridgehead atoms. The molecular weight excluding hydrogens is 174 g/mol. The number of piperidine rings is 1. The third-order valence-corrected chi connectivity index (χ3v) is 2.87. The number of hydrogen-bond acceptors (Lipinski definition) is 3. The fourth-order valence-corrected chi connectivity index (χ4v) is 1.80. The van der Waals surface area contributed by atoms with Crippen LogP contribution in [-0.2, 0) is 15.6 Å². The van der Waals surface area contributed by atoms with Crippen LogP contribution in [0.25, 0.3) is 0 Å². The molecule has 1 unspecified atom stereocenters. The summed E-state index contributed by atoms with van der Waals surface area (Å²) in [6.45, 7) is 2.59. The predicted octanol–water partition coefficient (Wildman–Crippen LogP) is 0.0298. The van der Waals surface area contributed by atoms with E-state index in [0.29, 0.717) is 18.6 Å². The number of hydrogen-bond donors (Lipinski definition) is 0. The van der Waals surface area contributed by atoms with Gasteiger partial charge in [0.25, 0.3) is 0 Å². The maximum atomic E-state index is 10.9. The van der Waals surface area contributed by atoms with E-state index in [1.807, 2.05) is 0 Å². The number of Topliss-reactive ketones (excluding diaryl/α,β-unsaturated/α-hetero) is 1. The monoisotopic (exact) mass is 189 g/mol. The van der Waals surface area contributed by atoms with Crippen molar-refractivity contribution in [3.63, 3.8) is 0 Å². The van der Waals surface area contributed by atoms with Crippen LogP contribution < -0.4 is 0 Å². The van der Waals surface area contributed by atoms with E-state index in [1.165, 1.54) is 0 Å². The van der Waals surface area contributed by atoms with Gasteiger partial charge in [0.1, 0.15) is 5.78 Å². The second-order valence-corrected chi connectivity index (χ2v) is 4.71. The van der Waals surface area contributed by atoms with Crippen molar-refractivity contribution < 1.29 is 9.00 Å². The fourth-order valence-electron chi connectivity index (χ4n) is 1.28. The zero-order valence-corrected chi connectivity index (χ0v) is 8.23. The second-order valence-electron chi connectivity index (χ2n) is 3.16. The molecular formula is C8H15NO2S. The predicted molar refractivity (Wildman–Crippen MR) is 49.6 cm³/mol. The first kappa shape index (κ1) is 9.86. The zero-order chi connectivity index (χ0) is 8.97. The molecule has 0 saturated carbocycles. The first-order valence-electron chi connectivity index (χ1n) is 4.22. The average molecular weight is 189 g/mol. The van der Waals surface area contributed by atoms with Gasteiger partial charge in [-0.3, -0.25) is 9.00 Å². The lowest BCUT2D eigenvalue weighted by Crippen LogP contribution is -2.36. The topological polar surface area (TPSA) is 37.4 Å². The normalized spacial score (nSPS) is 22.6. The molecule has 1 heterocycles. The molecule has 4 heteroatoms. The molecule has 0 amide bonds. The molecule has 1 saturated heterocycles. The van der Waals surface area contributed by atoms with Crippen LogP contribution in [0, 0.1) is 0 Å². The lowest BCUT2D eigenvalue weighted by atomic mass is 10.1. The van der Waals surface area contributed by atoms with Crippen LogP contribution in [0.4, 0.5) is 0 Å². The van der Waals surface area contributed by atoms with Gasteiger partial charge in [0.15, 0.2) is 0 Å². The number of ketones is 1. The molecule has 1 atom stereocenters.